The van der Waals surface area contributed by atoms with Crippen molar-refractivity contribution < 1.29 is 0 Å². The van der Waals surface area contributed by atoms with E-state index < -0.39 is 0 Å². The normalized spacial score (nSPS) is 19.1. The first kappa shape index (κ1) is 41.6. The van der Waals surface area contributed by atoms with Crippen molar-refractivity contribution in [1.29, 1.82) is 0 Å². The summed E-state index contributed by atoms with van der Waals surface area (Å²) >= 11 is 0. The molecule has 0 atom stereocenters. The Morgan fingerprint density at radius 1 is 0.319 bits per heavy atom. The van der Waals surface area contributed by atoms with Gasteiger partial charge in [-0.2, -0.15) is 0 Å². The minimum atomic E-state index is -0.169. The van der Waals surface area contributed by atoms with Crippen molar-refractivity contribution in [3.63, 3.8) is 0 Å². The molecule has 4 aliphatic rings. The van der Waals surface area contributed by atoms with E-state index in [1.54, 1.807) is 22.3 Å². The maximum atomic E-state index is 2.89. The molecule has 1 nitrogen and oxygen atoms in total. The number of hydrogen-bond donors (Lipinski definition) is 0. The lowest BCUT2D eigenvalue weighted by molar-refractivity contribution is 0.126. The molecule has 1 aromatic heterocycles. The van der Waals surface area contributed by atoms with E-state index >= 15 is 0 Å². The Balaban J connectivity index is 1.32. The second-order valence-corrected chi connectivity index (χ2v) is 24.7. The van der Waals surface area contributed by atoms with Gasteiger partial charge in [-0.1, -0.05) is 246 Å². The third-order valence-corrected chi connectivity index (χ3v) is 21.2. The molecule has 3 heterocycles. The highest BCUT2D eigenvalue weighted by Crippen LogP contribution is 2.67. The Bertz CT molecular complexity index is 3650. The lowest BCUT2D eigenvalue weighted by Gasteiger charge is -2.45. The highest BCUT2D eigenvalue weighted by atomic mass is 15.0. The minimum Gasteiger partial charge on any atom is -0.311 e. The van der Waals surface area contributed by atoms with Crippen molar-refractivity contribution in [1.82, 2.24) is 4.57 Å². The van der Waals surface area contributed by atoms with E-state index in [1.165, 1.54) is 104 Å². The second-order valence-electron chi connectivity index (χ2n) is 24.7. The number of rotatable bonds is 4. The van der Waals surface area contributed by atoms with Gasteiger partial charge in [0.15, 0.2) is 0 Å². The standard InChI is InChI=1S/C66H61B2N/c1-61(2)52-48-42-32-19-20-33-43(42)49-51-50(48)59-56(54(52)63(5,6)65(61,9)10)67(44-34-23-21-30-40(44)38-26-15-13-16-27-38)46-36-25-37-47-58(46)69(59)60(51)57(55-53(49)62(3,4)66(11,12)64(55,7)8)68(47)45-35-24-22-31-41(45)39-28-17-14-18-29-39/h13-37H,1-12H3. The summed E-state index contributed by atoms with van der Waals surface area (Å²) in [5.74, 6) is 0. The van der Waals surface area contributed by atoms with Crippen LogP contribution in [0.1, 0.15) is 105 Å². The summed E-state index contributed by atoms with van der Waals surface area (Å²) in [6, 6.07) is 58.3. The molecule has 9 aromatic carbocycles. The molecule has 0 bridgehead atoms. The highest BCUT2D eigenvalue weighted by molar-refractivity contribution is 7.03. The van der Waals surface area contributed by atoms with Gasteiger partial charge in [0, 0.05) is 16.5 Å². The number of aromatic nitrogens is 1. The lowest BCUT2D eigenvalue weighted by Crippen LogP contribution is -2.65. The van der Waals surface area contributed by atoms with Crippen LogP contribution in [0.3, 0.4) is 0 Å². The summed E-state index contributed by atoms with van der Waals surface area (Å²) in [5, 5.41) is 8.75. The van der Waals surface area contributed by atoms with Gasteiger partial charge in [0.1, 0.15) is 0 Å². The molecule has 0 fully saturated rings. The maximum Gasteiger partial charge on any atom is 0.247 e. The van der Waals surface area contributed by atoms with Gasteiger partial charge in [-0.05, 0) is 120 Å². The van der Waals surface area contributed by atoms with Crippen LogP contribution in [0.15, 0.2) is 152 Å². The molecule has 0 saturated heterocycles. The van der Waals surface area contributed by atoms with E-state index in [1.807, 2.05) is 0 Å². The first-order chi connectivity index (χ1) is 32.9. The van der Waals surface area contributed by atoms with E-state index in [4.69, 9.17) is 0 Å². The van der Waals surface area contributed by atoms with E-state index in [0.29, 0.717) is 0 Å². The third-order valence-electron chi connectivity index (χ3n) is 21.2. The topological polar surface area (TPSA) is 4.93 Å². The molecule has 2 aliphatic carbocycles. The first-order valence-electron chi connectivity index (χ1n) is 25.7. The molecule has 69 heavy (non-hydrogen) atoms. The van der Waals surface area contributed by atoms with Gasteiger partial charge >= 0.3 is 0 Å². The fourth-order valence-electron chi connectivity index (χ4n) is 15.7. The molecule has 0 amide bonds. The Morgan fingerprint density at radius 2 is 0.652 bits per heavy atom. The number of nitrogens with zero attached hydrogens (tertiary/aromatic N) is 1. The molecular formula is C66H61B2N. The summed E-state index contributed by atoms with van der Waals surface area (Å²) in [4.78, 5) is 0. The van der Waals surface area contributed by atoms with Crippen LogP contribution in [-0.2, 0) is 21.7 Å². The second kappa shape index (κ2) is 12.9. The van der Waals surface area contributed by atoms with Crippen LogP contribution in [-0.4, -0.2) is 18.0 Å². The van der Waals surface area contributed by atoms with Crippen molar-refractivity contribution >= 4 is 89.6 Å². The Hall–Kier alpha value is -6.31. The molecule has 336 valence electrons. The zero-order chi connectivity index (χ0) is 47.7. The smallest absolute Gasteiger partial charge is 0.247 e. The predicted molar refractivity (Wildman–Crippen MR) is 300 cm³/mol. The molecule has 0 unspecified atom stereocenters. The quantitative estimate of drug-likeness (QED) is 0.123. The largest absolute Gasteiger partial charge is 0.311 e. The van der Waals surface area contributed by atoms with Crippen molar-refractivity contribution in [3.05, 3.63) is 174 Å². The van der Waals surface area contributed by atoms with Crippen LogP contribution in [0.4, 0.5) is 0 Å². The summed E-state index contributed by atoms with van der Waals surface area (Å²) < 4.78 is 2.89. The molecular weight excluding hydrogens is 828 g/mol. The lowest BCUT2D eigenvalue weighted by atomic mass is 9.29. The molecule has 14 rings (SSSR count). The van der Waals surface area contributed by atoms with E-state index in [0.717, 1.165) is 0 Å². The molecule has 0 N–H and O–H groups in total. The van der Waals surface area contributed by atoms with Gasteiger partial charge in [-0.25, -0.2) is 0 Å². The van der Waals surface area contributed by atoms with Gasteiger partial charge < -0.3 is 4.57 Å². The summed E-state index contributed by atoms with van der Waals surface area (Å²) in [6.07, 6.45) is 0. The molecule has 0 radical (unpaired) electrons. The van der Waals surface area contributed by atoms with Gasteiger partial charge in [-0.3, -0.25) is 0 Å². The average molecular weight is 890 g/mol. The van der Waals surface area contributed by atoms with Crippen molar-refractivity contribution in [2.75, 3.05) is 0 Å². The fraction of sp³-hybridized carbons (Fsp3) is 0.273. The summed E-state index contributed by atoms with van der Waals surface area (Å²) in [5.41, 5.74) is 23.6. The van der Waals surface area contributed by atoms with E-state index in [-0.39, 0.29) is 45.9 Å². The predicted octanol–water partition coefficient (Wildman–Crippen LogP) is 12.7. The van der Waals surface area contributed by atoms with Crippen LogP contribution < -0.4 is 32.8 Å². The summed E-state index contributed by atoms with van der Waals surface area (Å²) in [7, 11) is 0. The van der Waals surface area contributed by atoms with Crippen LogP contribution in [0, 0.1) is 10.8 Å². The van der Waals surface area contributed by atoms with Gasteiger partial charge in [0.2, 0.25) is 13.4 Å². The van der Waals surface area contributed by atoms with Crippen molar-refractivity contribution in [3.8, 4) is 27.9 Å². The minimum absolute atomic E-state index is 0.00853. The molecule has 3 heteroatoms. The zero-order valence-corrected chi connectivity index (χ0v) is 42.5. The third kappa shape index (κ3) is 4.51. The van der Waals surface area contributed by atoms with Gasteiger partial charge in [-0.15, -0.1) is 0 Å². The number of fused-ring (bicyclic) bond motifs is 9. The SMILES string of the molecule is CC1(C)c2c(c3c4ccccc4c4c5c(c6c7c4c3c3c2B(c2ccccc2-c2ccccc2)c2cccc(c2-n37)B6c2ccccc2-c2ccccc2)C(C)(C)C(C)(C)C5(C)C)C(C)(C)C1(C)C. The van der Waals surface area contributed by atoms with Crippen molar-refractivity contribution in [2.45, 2.75) is 105 Å². The number of hydrogen-bond acceptors (Lipinski definition) is 0. The Labute approximate surface area is 409 Å². The van der Waals surface area contributed by atoms with E-state index in [2.05, 4.69) is 239 Å². The highest BCUT2D eigenvalue weighted by Gasteiger charge is 2.63. The van der Waals surface area contributed by atoms with Gasteiger partial charge in [0.25, 0.3) is 0 Å². The van der Waals surface area contributed by atoms with Crippen molar-refractivity contribution in [2.24, 2.45) is 10.8 Å². The Morgan fingerprint density at radius 3 is 1.06 bits per heavy atom. The number of para-hydroxylation sites is 1. The van der Waals surface area contributed by atoms with Crippen LogP contribution in [0.5, 0.6) is 0 Å². The Kier molecular flexibility index (Phi) is 7.79. The monoisotopic (exact) mass is 889 g/mol. The maximum absolute atomic E-state index is 2.89. The van der Waals surface area contributed by atoms with Crippen LogP contribution >= 0.6 is 0 Å². The van der Waals surface area contributed by atoms with Crippen LogP contribution in [0.2, 0.25) is 0 Å². The summed E-state index contributed by atoms with van der Waals surface area (Å²) in [6.45, 7) is 31.0. The van der Waals surface area contributed by atoms with Gasteiger partial charge in [0.05, 0.1) is 11.0 Å². The first-order valence-corrected chi connectivity index (χ1v) is 25.7. The molecule has 10 aromatic rings. The number of benzene rings is 9. The van der Waals surface area contributed by atoms with Crippen LogP contribution in [0.25, 0.3) is 71.3 Å². The molecule has 0 saturated carbocycles. The molecule has 0 spiro atoms. The van der Waals surface area contributed by atoms with E-state index in [9.17, 15) is 0 Å². The average Bonchev–Trinajstić information content (AvgIpc) is 3.79. The molecule has 2 aliphatic heterocycles. The zero-order valence-electron chi connectivity index (χ0n) is 42.5. The fourth-order valence-corrected chi connectivity index (χ4v) is 15.7.